The van der Waals surface area contributed by atoms with E-state index in [-0.39, 0.29) is 17.8 Å². The number of ether oxygens (including phenoxy) is 1. The first-order chi connectivity index (χ1) is 17.5. The number of hydrogen-bond acceptors (Lipinski definition) is 8. The van der Waals surface area contributed by atoms with Crippen molar-refractivity contribution in [3.8, 4) is 0 Å². The lowest BCUT2D eigenvalue weighted by atomic mass is 9.85. The number of hydrogen-bond donors (Lipinski definition) is 1. The zero-order valence-electron chi connectivity index (χ0n) is 23.2. The van der Waals surface area contributed by atoms with E-state index in [9.17, 15) is 9.59 Å². The number of piperazine rings is 1. The maximum atomic E-state index is 13.6. The average Bonchev–Trinajstić information content (AvgIpc) is 2.81. The number of pyridine rings is 1. The van der Waals surface area contributed by atoms with Crippen molar-refractivity contribution in [1.29, 1.82) is 0 Å². The highest BCUT2D eigenvalue weighted by Crippen LogP contribution is 2.30. The molecule has 4 rings (SSSR count). The highest BCUT2D eigenvalue weighted by atomic mass is 16.5. The van der Waals surface area contributed by atoms with Gasteiger partial charge in [-0.3, -0.25) is 4.79 Å². The summed E-state index contributed by atoms with van der Waals surface area (Å²) in [5, 5.41) is 3.47. The van der Waals surface area contributed by atoms with Crippen LogP contribution in [0.1, 0.15) is 90.7 Å². The number of carbonyl (C=O) groups excluding carboxylic acids is 2. The summed E-state index contributed by atoms with van der Waals surface area (Å²) in [4.78, 5) is 43.9. The van der Waals surface area contributed by atoms with E-state index >= 15 is 0 Å². The fourth-order valence-corrected chi connectivity index (χ4v) is 5.23. The Morgan fingerprint density at radius 1 is 1.19 bits per heavy atom. The van der Waals surface area contributed by atoms with Crippen molar-refractivity contribution in [2.75, 3.05) is 43.5 Å². The van der Waals surface area contributed by atoms with Gasteiger partial charge in [0.15, 0.2) is 0 Å². The molecule has 2 aromatic rings. The van der Waals surface area contributed by atoms with Crippen molar-refractivity contribution in [2.45, 2.75) is 72.3 Å². The van der Waals surface area contributed by atoms with Gasteiger partial charge in [0.05, 0.1) is 35.8 Å². The van der Waals surface area contributed by atoms with Crippen LogP contribution in [0.3, 0.4) is 0 Å². The van der Waals surface area contributed by atoms with E-state index in [2.05, 4.69) is 42.9 Å². The fourth-order valence-electron chi connectivity index (χ4n) is 5.23. The Kier molecular flexibility index (Phi) is 7.71. The molecule has 2 aliphatic rings. The molecule has 37 heavy (non-hydrogen) atoms. The zero-order valence-corrected chi connectivity index (χ0v) is 23.2. The summed E-state index contributed by atoms with van der Waals surface area (Å²) in [7, 11) is 1.38. The Bertz CT molecular complexity index is 1150. The second-order valence-corrected chi connectivity index (χ2v) is 11.3. The van der Waals surface area contributed by atoms with Crippen LogP contribution >= 0.6 is 0 Å². The molecule has 0 bridgehead atoms. The van der Waals surface area contributed by atoms with E-state index in [0.29, 0.717) is 42.5 Å². The molecule has 9 nitrogen and oxygen atoms in total. The van der Waals surface area contributed by atoms with Crippen LogP contribution in [0.25, 0.3) is 0 Å². The highest BCUT2D eigenvalue weighted by Gasteiger charge is 2.38. The quantitative estimate of drug-likeness (QED) is 0.551. The maximum absolute atomic E-state index is 13.6. The van der Waals surface area contributed by atoms with Gasteiger partial charge in [-0.15, -0.1) is 0 Å². The summed E-state index contributed by atoms with van der Waals surface area (Å²) >= 11 is 0. The normalized spacial score (nSPS) is 17.5. The average molecular weight is 509 g/mol. The van der Waals surface area contributed by atoms with Gasteiger partial charge < -0.3 is 19.9 Å². The third-order valence-corrected chi connectivity index (χ3v) is 7.59. The summed E-state index contributed by atoms with van der Waals surface area (Å²) in [5.74, 6) is 1.96. The largest absolute Gasteiger partial charge is 0.465 e. The van der Waals surface area contributed by atoms with Crippen LogP contribution in [-0.4, -0.2) is 70.6 Å². The molecule has 0 spiro atoms. The minimum Gasteiger partial charge on any atom is -0.465 e. The van der Waals surface area contributed by atoms with Gasteiger partial charge in [-0.2, -0.15) is 0 Å². The first-order valence-electron chi connectivity index (χ1n) is 13.3. The Hall–Kier alpha value is -3.23. The molecule has 200 valence electrons. The van der Waals surface area contributed by atoms with Crippen molar-refractivity contribution in [3.63, 3.8) is 0 Å². The second kappa shape index (κ2) is 10.6. The number of rotatable bonds is 7. The minimum absolute atomic E-state index is 0.106. The van der Waals surface area contributed by atoms with Crippen molar-refractivity contribution in [3.05, 3.63) is 40.5 Å². The van der Waals surface area contributed by atoms with Gasteiger partial charge in [-0.05, 0) is 64.0 Å². The number of aryl methyl sites for hydroxylation is 2. The number of esters is 1. The smallest absolute Gasteiger partial charge is 0.339 e. The number of anilines is 2. The monoisotopic (exact) mass is 508 g/mol. The molecule has 1 saturated heterocycles. The standard InChI is InChI=1S/C28H40N6O3/c1-17(2)24-25(29-14-20-9-8-10-20)30-15-21(32-24)26(35)34-12-11-33(16-28(34,5)6)22-13-18(3)23(19(4)31-22)27(36)37-7/h13,15,17,20H,8-12,14,16H2,1-7H3,(H,29,30). The van der Waals surface area contributed by atoms with Gasteiger partial charge >= 0.3 is 5.97 Å². The molecule has 0 unspecified atom stereocenters. The van der Waals surface area contributed by atoms with Crippen LogP contribution in [0.15, 0.2) is 12.3 Å². The predicted molar refractivity (Wildman–Crippen MR) is 144 cm³/mol. The van der Waals surface area contributed by atoms with Crippen LogP contribution in [0.2, 0.25) is 0 Å². The summed E-state index contributed by atoms with van der Waals surface area (Å²) in [6, 6.07) is 1.92. The Labute approximate surface area is 220 Å². The summed E-state index contributed by atoms with van der Waals surface area (Å²) < 4.78 is 4.91. The van der Waals surface area contributed by atoms with Crippen molar-refractivity contribution < 1.29 is 14.3 Å². The first-order valence-corrected chi connectivity index (χ1v) is 13.3. The van der Waals surface area contributed by atoms with Crippen LogP contribution < -0.4 is 10.2 Å². The molecule has 1 amide bonds. The van der Waals surface area contributed by atoms with Crippen molar-refractivity contribution in [1.82, 2.24) is 19.9 Å². The molecule has 0 atom stereocenters. The molecule has 0 aromatic carbocycles. The SMILES string of the molecule is COC(=O)c1c(C)cc(N2CCN(C(=O)c3cnc(NCC4CCC4)c(C(C)C)n3)C(C)(C)C2)nc1C. The molecule has 1 aliphatic carbocycles. The third kappa shape index (κ3) is 5.55. The fraction of sp³-hybridized carbons (Fsp3) is 0.607. The van der Waals surface area contributed by atoms with Gasteiger partial charge in [0.1, 0.15) is 17.3 Å². The van der Waals surface area contributed by atoms with E-state index in [0.717, 1.165) is 29.4 Å². The summed E-state index contributed by atoms with van der Waals surface area (Å²) in [5.41, 5.74) is 2.73. The highest BCUT2D eigenvalue weighted by molar-refractivity contribution is 5.93. The number of carbonyl (C=O) groups is 2. The molecule has 9 heteroatoms. The predicted octanol–water partition coefficient (Wildman–Crippen LogP) is 4.35. The molecule has 1 N–H and O–H groups in total. The Morgan fingerprint density at radius 2 is 1.92 bits per heavy atom. The van der Waals surface area contributed by atoms with Gasteiger partial charge in [-0.25, -0.2) is 19.7 Å². The molecule has 3 heterocycles. The molecular formula is C28H40N6O3. The lowest BCUT2D eigenvalue weighted by Crippen LogP contribution is -2.61. The zero-order chi connectivity index (χ0) is 26.9. The van der Waals surface area contributed by atoms with E-state index in [1.165, 1.54) is 26.4 Å². The van der Waals surface area contributed by atoms with Crippen LogP contribution in [0, 0.1) is 19.8 Å². The van der Waals surface area contributed by atoms with Crippen molar-refractivity contribution >= 4 is 23.5 Å². The molecule has 0 radical (unpaired) electrons. The van der Waals surface area contributed by atoms with Gasteiger partial charge in [0.2, 0.25) is 0 Å². The van der Waals surface area contributed by atoms with Gasteiger partial charge in [0, 0.05) is 26.2 Å². The number of nitrogens with one attached hydrogen (secondary N) is 1. The van der Waals surface area contributed by atoms with Crippen LogP contribution in [0.5, 0.6) is 0 Å². The summed E-state index contributed by atoms with van der Waals surface area (Å²) in [6.45, 7) is 14.7. The molecule has 2 aromatic heterocycles. The second-order valence-electron chi connectivity index (χ2n) is 11.3. The van der Waals surface area contributed by atoms with E-state index < -0.39 is 5.54 Å². The lowest BCUT2D eigenvalue weighted by molar-refractivity contribution is 0.0505. The number of nitrogens with zero attached hydrogens (tertiary/aromatic N) is 5. The number of methoxy groups -OCH3 is 1. The maximum Gasteiger partial charge on any atom is 0.339 e. The third-order valence-electron chi connectivity index (χ3n) is 7.59. The first kappa shape index (κ1) is 26.8. The van der Waals surface area contributed by atoms with Gasteiger partial charge in [0.25, 0.3) is 5.91 Å². The molecular weight excluding hydrogens is 468 g/mol. The summed E-state index contributed by atoms with van der Waals surface area (Å²) in [6.07, 6.45) is 5.44. The molecule has 1 saturated carbocycles. The van der Waals surface area contributed by atoms with Crippen LogP contribution in [0.4, 0.5) is 11.6 Å². The van der Waals surface area contributed by atoms with Crippen LogP contribution in [-0.2, 0) is 4.74 Å². The molecule has 1 aliphatic heterocycles. The van der Waals surface area contributed by atoms with E-state index in [1.807, 2.05) is 24.8 Å². The van der Waals surface area contributed by atoms with Gasteiger partial charge in [-0.1, -0.05) is 20.3 Å². The van der Waals surface area contributed by atoms with E-state index in [1.54, 1.807) is 6.20 Å². The molecule has 2 fully saturated rings. The number of amides is 1. The van der Waals surface area contributed by atoms with E-state index in [4.69, 9.17) is 14.7 Å². The topological polar surface area (TPSA) is 101 Å². The Morgan fingerprint density at radius 3 is 2.49 bits per heavy atom. The van der Waals surface area contributed by atoms with Crippen molar-refractivity contribution in [2.24, 2.45) is 5.92 Å². The lowest BCUT2D eigenvalue weighted by Gasteiger charge is -2.47. The minimum atomic E-state index is -0.458. The Balaban J connectivity index is 1.51. The number of aromatic nitrogens is 3.